The van der Waals surface area contributed by atoms with Gasteiger partial charge in [0, 0.05) is 56.3 Å². The van der Waals surface area contributed by atoms with E-state index < -0.39 is 8.07 Å². The Hall–Kier alpha value is -7.14. The molecular weight excluding hydrogens is 733 g/mol. The minimum Gasteiger partial charge on any atom is -0.455 e. The molecule has 0 fully saturated rings. The van der Waals surface area contributed by atoms with Crippen molar-refractivity contribution >= 4 is 112 Å². The van der Waals surface area contributed by atoms with Gasteiger partial charge in [0.2, 0.25) is 0 Å². The summed E-state index contributed by atoms with van der Waals surface area (Å²) in [6, 6.07) is 72.7. The smallest absolute Gasteiger partial charge is 0.143 e. The standard InChI is InChI=1S/C55H42N2OSi/c1-59(2,3)45-29-24-41(25-30-45)56(39-15-6-4-7-16-39)44-28-33-51-53(36-44)58-55-50-32-27-43(35-52(50)48-20-12-13-21-49(48)54(51)55)57(40-17-8-5-9-18-40)42-26-31-47-38(34-42)23-22-37-14-10-11-19-46(37)47/h4-36H,1-3H3. The van der Waals surface area contributed by atoms with E-state index in [0.29, 0.717) is 0 Å². The van der Waals surface area contributed by atoms with E-state index in [2.05, 4.69) is 230 Å². The molecule has 1 heterocycles. The van der Waals surface area contributed by atoms with Crippen molar-refractivity contribution in [2.45, 2.75) is 19.6 Å². The molecule has 0 aliphatic carbocycles. The zero-order valence-electron chi connectivity index (χ0n) is 33.4. The molecule has 3 nitrogen and oxygen atoms in total. The van der Waals surface area contributed by atoms with E-state index in [1.54, 1.807) is 0 Å². The first kappa shape index (κ1) is 35.1. The summed E-state index contributed by atoms with van der Waals surface area (Å²) >= 11 is 0. The van der Waals surface area contributed by atoms with Crippen LogP contribution in [0.2, 0.25) is 19.6 Å². The first-order chi connectivity index (χ1) is 28.9. The molecule has 0 saturated heterocycles. The molecule has 0 aliphatic heterocycles. The largest absolute Gasteiger partial charge is 0.455 e. The molecule has 282 valence electrons. The second-order valence-corrected chi connectivity index (χ2v) is 21.7. The van der Waals surface area contributed by atoms with Gasteiger partial charge in [-0.15, -0.1) is 0 Å². The number of furan rings is 1. The van der Waals surface area contributed by atoms with Crippen LogP contribution in [0.5, 0.6) is 0 Å². The van der Waals surface area contributed by atoms with E-state index >= 15 is 0 Å². The Bertz CT molecular complexity index is 3370. The molecule has 0 amide bonds. The van der Waals surface area contributed by atoms with Crippen molar-refractivity contribution in [3.8, 4) is 0 Å². The van der Waals surface area contributed by atoms with E-state index in [9.17, 15) is 0 Å². The fourth-order valence-electron chi connectivity index (χ4n) is 9.01. The summed E-state index contributed by atoms with van der Waals surface area (Å²) < 4.78 is 7.02. The Morgan fingerprint density at radius 3 is 1.53 bits per heavy atom. The van der Waals surface area contributed by atoms with Gasteiger partial charge in [-0.1, -0.05) is 140 Å². The number of fused-ring (bicyclic) bond motifs is 11. The number of nitrogens with zero attached hydrogens (tertiary/aromatic N) is 2. The maximum Gasteiger partial charge on any atom is 0.143 e. The summed E-state index contributed by atoms with van der Waals surface area (Å²) in [6.45, 7) is 7.19. The van der Waals surface area contributed by atoms with Crippen molar-refractivity contribution < 1.29 is 4.42 Å². The molecule has 11 aromatic rings. The minimum absolute atomic E-state index is 0.869. The number of benzene rings is 10. The highest BCUT2D eigenvalue weighted by molar-refractivity contribution is 6.88. The molecule has 0 atom stereocenters. The highest BCUT2D eigenvalue weighted by Crippen LogP contribution is 2.46. The van der Waals surface area contributed by atoms with Gasteiger partial charge in [-0.2, -0.15) is 0 Å². The van der Waals surface area contributed by atoms with Crippen LogP contribution in [0.15, 0.2) is 205 Å². The highest BCUT2D eigenvalue weighted by atomic mass is 28.3. The lowest BCUT2D eigenvalue weighted by atomic mass is 9.96. The molecule has 1 aromatic heterocycles. The zero-order valence-corrected chi connectivity index (χ0v) is 34.4. The summed E-state index contributed by atoms with van der Waals surface area (Å²) in [5.41, 5.74) is 8.37. The normalized spacial score (nSPS) is 12.0. The van der Waals surface area contributed by atoms with Crippen LogP contribution >= 0.6 is 0 Å². The van der Waals surface area contributed by atoms with Crippen LogP contribution in [0.3, 0.4) is 0 Å². The minimum atomic E-state index is -1.45. The van der Waals surface area contributed by atoms with Crippen LogP contribution in [0, 0.1) is 0 Å². The Balaban J connectivity index is 1.09. The van der Waals surface area contributed by atoms with E-state index in [0.717, 1.165) is 66.8 Å². The molecule has 0 spiro atoms. The second-order valence-electron chi connectivity index (χ2n) is 16.6. The van der Waals surface area contributed by atoms with E-state index in [1.165, 1.54) is 37.5 Å². The van der Waals surface area contributed by atoms with Crippen molar-refractivity contribution in [2.24, 2.45) is 0 Å². The molecular formula is C55H42N2OSi. The molecule has 11 rings (SSSR count). The van der Waals surface area contributed by atoms with Crippen molar-refractivity contribution in [2.75, 3.05) is 9.80 Å². The van der Waals surface area contributed by atoms with Crippen molar-refractivity contribution in [3.63, 3.8) is 0 Å². The van der Waals surface area contributed by atoms with Crippen LogP contribution in [0.1, 0.15) is 0 Å². The maximum absolute atomic E-state index is 7.02. The molecule has 0 saturated carbocycles. The third-order valence-electron chi connectivity index (χ3n) is 11.9. The maximum atomic E-state index is 7.02. The van der Waals surface area contributed by atoms with Gasteiger partial charge in [0.15, 0.2) is 0 Å². The zero-order chi connectivity index (χ0) is 39.7. The SMILES string of the molecule is C[Si](C)(C)c1ccc(N(c2ccccc2)c2ccc3c(c2)oc2c4ccc(N(c5ccccc5)c5ccc6c(ccc7ccccc76)c5)cc4c4ccccc4c32)cc1. The summed E-state index contributed by atoms with van der Waals surface area (Å²) in [4.78, 5) is 4.70. The molecule has 0 N–H and O–H groups in total. The number of hydrogen-bond acceptors (Lipinski definition) is 3. The first-order valence-electron chi connectivity index (χ1n) is 20.4. The van der Waals surface area contributed by atoms with Crippen LogP contribution in [0.25, 0.3) is 65.0 Å². The monoisotopic (exact) mass is 774 g/mol. The number of anilines is 6. The lowest BCUT2D eigenvalue weighted by molar-refractivity contribution is 0.673. The fraction of sp³-hybridized carbons (Fsp3) is 0.0545. The van der Waals surface area contributed by atoms with E-state index in [-0.39, 0.29) is 0 Å². The van der Waals surface area contributed by atoms with Gasteiger partial charge in [-0.3, -0.25) is 0 Å². The summed E-state index contributed by atoms with van der Waals surface area (Å²) in [7, 11) is -1.45. The lowest BCUT2D eigenvalue weighted by Gasteiger charge is -2.26. The fourth-order valence-corrected chi connectivity index (χ4v) is 10.2. The van der Waals surface area contributed by atoms with E-state index in [4.69, 9.17) is 4.42 Å². The molecule has 0 radical (unpaired) electrons. The Labute approximate surface area is 345 Å². The lowest BCUT2D eigenvalue weighted by Crippen LogP contribution is -2.37. The molecule has 4 heteroatoms. The van der Waals surface area contributed by atoms with Gasteiger partial charge < -0.3 is 14.2 Å². The third-order valence-corrected chi connectivity index (χ3v) is 14.0. The van der Waals surface area contributed by atoms with Gasteiger partial charge in [-0.25, -0.2) is 0 Å². The highest BCUT2D eigenvalue weighted by Gasteiger charge is 2.22. The van der Waals surface area contributed by atoms with Gasteiger partial charge >= 0.3 is 0 Å². The topological polar surface area (TPSA) is 19.6 Å². The van der Waals surface area contributed by atoms with Crippen LogP contribution in [-0.2, 0) is 0 Å². The van der Waals surface area contributed by atoms with Gasteiger partial charge in [-0.05, 0) is 117 Å². The predicted octanol–water partition coefficient (Wildman–Crippen LogP) is 15.7. The molecule has 0 bridgehead atoms. The summed E-state index contributed by atoms with van der Waals surface area (Å²) in [5, 5.41) is 13.3. The number of para-hydroxylation sites is 2. The average Bonchev–Trinajstić information content (AvgIpc) is 3.66. The van der Waals surface area contributed by atoms with Gasteiger partial charge in [0.1, 0.15) is 11.2 Å². The summed E-state index contributed by atoms with van der Waals surface area (Å²) in [5.74, 6) is 0. The third kappa shape index (κ3) is 5.95. The van der Waals surface area contributed by atoms with Crippen molar-refractivity contribution in [1.29, 1.82) is 0 Å². The Morgan fingerprint density at radius 2 is 0.831 bits per heavy atom. The molecule has 10 aromatic carbocycles. The van der Waals surface area contributed by atoms with Crippen LogP contribution in [0.4, 0.5) is 34.1 Å². The van der Waals surface area contributed by atoms with Crippen LogP contribution in [-0.4, -0.2) is 8.07 Å². The van der Waals surface area contributed by atoms with Crippen molar-refractivity contribution in [1.82, 2.24) is 0 Å². The average molecular weight is 775 g/mol. The number of hydrogen-bond donors (Lipinski definition) is 0. The quantitative estimate of drug-likeness (QED) is 0.119. The first-order valence-corrected chi connectivity index (χ1v) is 23.9. The van der Waals surface area contributed by atoms with Crippen molar-refractivity contribution in [3.05, 3.63) is 200 Å². The number of rotatable bonds is 7. The second kappa shape index (κ2) is 13.8. The predicted molar refractivity (Wildman–Crippen MR) is 256 cm³/mol. The molecule has 0 unspecified atom stereocenters. The summed E-state index contributed by atoms with van der Waals surface area (Å²) in [6.07, 6.45) is 0. The molecule has 0 aliphatic rings. The van der Waals surface area contributed by atoms with Gasteiger partial charge in [0.25, 0.3) is 0 Å². The Kier molecular flexibility index (Phi) is 8.17. The van der Waals surface area contributed by atoms with Crippen LogP contribution < -0.4 is 15.0 Å². The molecule has 59 heavy (non-hydrogen) atoms. The Morgan fingerprint density at radius 1 is 0.339 bits per heavy atom. The van der Waals surface area contributed by atoms with Gasteiger partial charge in [0.05, 0.1) is 8.07 Å². The van der Waals surface area contributed by atoms with E-state index in [1.807, 2.05) is 0 Å².